The Labute approximate surface area is 114 Å². The molecule has 6 heteroatoms. The summed E-state index contributed by atoms with van der Waals surface area (Å²) in [7, 11) is 1.37. The summed E-state index contributed by atoms with van der Waals surface area (Å²) in [5.41, 5.74) is 0. The molecule has 0 bridgehead atoms. The summed E-state index contributed by atoms with van der Waals surface area (Å²) in [6, 6.07) is 0. The third-order valence-electron chi connectivity index (χ3n) is 3.26. The van der Waals surface area contributed by atoms with E-state index in [-0.39, 0.29) is 18.0 Å². The number of carbonyl (C=O) groups excluding carboxylic acids is 2. The second-order valence-electron chi connectivity index (χ2n) is 4.72. The van der Waals surface area contributed by atoms with Crippen LogP contribution in [0.5, 0.6) is 0 Å². The van der Waals surface area contributed by atoms with Crippen LogP contribution < -0.4 is 0 Å². The Morgan fingerprint density at radius 3 is 2.79 bits per heavy atom. The van der Waals surface area contributed by atoms with Gasteiger partial charge in [0.1, 0.15) is 0 Å². The lowest BCUT2D eigenvalue weighted by atomic mass is 10.3. The van der Waals surface area contributed by atoms with Crippen LogP contribution in [-0.4, -0.2) is 74.2 Å². The molecule has 19 heavy (non-hydrogen) atoms. The smallest absolute Gasteiger partial charge is 0.306 e. The van der Waals surface area contributed by atoms with E-state index in [4.69, 9.17) is 4.74 Å². The van der Waals surface area contributed by atoms with Gasteiger partial charge in [0.05, 0.1) is 32.8 Å². The Morgan fingerprint density at radius 2 is 2.21 bits per heavy atom. The van der Waals surface area contributed by atoms with E-state index in [1.165, 1.54) is 7.11 Å². The molecule has 0 aromatic rings. The molecule has 1 aliphatic heterocycles. The molecule has 0 N–H and O–H groups in total. The maximum absolute atomic E-state index is 12.1. The number of ether oxygens (including phenoxy) is 2. The predicted octanol–water partition coefficient (Wildman–Crippen LogP) is 0.119. The van der Waals surface area contributed by atoms with Gasteiger partial charge in [0.2, 0.25) is 5.91 Å². The maximum atomic E-state index is 12.1. The Balaban J connectivity index is 2.37. The molecule has 0 saturated carbocycles. The lowest BCUT2D eigenvalue weighted by Crippen LogP contribution is -2.48. The molecule has 1 fully saturated rings. The molecule has 1 rings (SSSR count). The first kappa shape index (κ1) is 15.9. The molecule has 0 spiro atoms. The molecule has 1 aliphatic rings. The molecular formula is C13H24N2O4. The van der Waals surface area contributed by atoms with Gasteiger partial charge in [-0.2, -0.15) is 0 Å². The first-order valence-electron chi connectivity index (χ1n) is 6.75. The molecule has 1 amide bonds. The van der Waals surface area contributed by atoms with Crippen molar-refractivity contribution in [2.24, 2.45) is 0 Å². The van der Waals surface area contributed by atoms with Gasteiger partial charge in [0, 0.05) is 19.6 Å². The fourth-order valence-corrected chi connectivity index (χ4v) is 2.04. The summed E-state index contributed by atoms with van der Waals surface area (Å²) in [4.78, 5) is 27.0. The molecular weight excluding hydrogens is 248 g/mol. The molecule has 1 saturated heterocycles. The lowest BCUT2D eigenvalue weighted by Gasteiger charge is -2.32. The van der Waals surface area contributed by atoms with Gasteiger partial charge in [0.15, 0.2) is 0 Å². The van der Waals surface area contributed by atoms with Crippen molar-refractivity contribution in [1.82, 2.24) is 9.80 Å². The number of hydrogen-bond donors (Lipinski definition) is 0. The molecule has 1 unspecified atom stereocenters. The van der Waals surface area contributed by atoms with Gasteiger partial charge in [-0.15, -0.1) is 0 Å². The molecule has 0 aromatic carbocycles. The fraction of sp³-hybridized carbons (Fsp3) is 0.846. The predicted molar refractivity (Wildman–Crippen MR) is 70.7 cm³/mol. The van der Waals surface area contributed by atoms with Gasteiger partial charge < -0.3 is 14.4 Å². The van der Waals surface area contributed by atoms with Crippen molar-refractivity contribution in [3.8, 4) is 0 Å². The first-order valence-corrected chi connectivity index (χ1v) is 6.75. The summed E-state index contributed by atoms with van der Waals surface area (Å²) < 4.78 is 10.0. The third-order valence-corrected chi connectivity index (χ3v) is 3.26. The number of rotatable bonds is 6. The quantitative estimate of drug-likeness (QED) is 0.643. The van der Waals surface area contributed by atoms with E-state index >= 15 is 0 Å². The van der Waals surface area contributed by atoms with E-state index in [0.29, 0.717) is 39.2 Å². The first-order chi connectivity index (χ1) is 9.06. The van der Waals surface area contributed by atoms with Gasteiger partial charge >= 0.3 is 5.97 Å². The summed E-state index contributed by atoms with van der Waals surface area (Å²) in [5.74, 6) is -0.146. The normalized spacial score (nSPS) is 19.6. The summed E-state index contributed by atoms with van der Waals surface area (Å²) in [6.07, 6.45) is 0.416. The van der Waals surface area contributed by atoms with Crippen LogP contribution in [0.15, 0.2) is 0 Å². The average molecular weight is 272 g/mol. The van der Waals surface area contributed by atoms with Crippen LogP contribution in [0.25, 0.3) is 0 Å². The lowest BCUT2D eigenvalue weighted by molar-refractivity contribution is -0.143. The number of hydrogen-bond acceptors (Lipinski definition) is 5. The van der Waals surface area contributed by atoms with Crippen molar-refractivity contribution >= 4 is 11.9 Å². The van der Waals surface area contributed by atoms with E-state index in [1.54, 1.807) is 0 Å². The zero-order valence-electron chi connectivity index (χ0n) is 12.1. The van der Waals surface area contributed by atoms with Crippen molar-refractivity contribution in [3.05, 3.63) is 0 Å². The highest BCUT2D eigenvalue weighted by atomic mass is 16.5. The van der Waals surface area contributed by atoms with Gasteiger partial charge in [-0.3, -0.25) is 14.5 Å². The van der Waals surface area contributed by atoms with Gasteiger partial charge in [-0.05, 0) is 13.5 Å². The molecule has 0 aliphatic carbocycles. The van der Waals surface area contributed by atoms with Crippen molar-refractivity contribution in [3.63, 3.8) is 0 Å². The van der Waals surface area contributed by atoms with Gasteiger partial charge in [-0.1, -0.05) is 6.92 Å². The fourth-order valence-electron chi connectivity index (χ4n) is 2.04. The van der Waals surface area contributed by atoms with Crippen LogP contribution in [0.3, 0.4) is 0 Å². The number of amides is 1. The number of likely N-dealkylation sites (N-methyl/N-ethyl adjacent to an activating group) is 1. The Hall–Kier alpha value is -1.14. The zero-order valence-corrected chi connectivity index (χ0v) is 12.1. The van der Waals surface area contributed by atoms with E-state index in [9.17, 15) is 9.59 Å². The monoisotopic (exact) mass is 272 g/mol. The minimum Gasteiger partial charge on any atom is -0.469 e. The summed E-state index contributed by atoms with van der Waals surface area (Å²) in [5, 5.41) is 0. The molecule has 0 radical (unpaired) electrons. The van der Waals surface area contributed by atoms with E-state index in [2.05, 4.69) is 4.74 Å². The zero-order chi connectivity index (χ0) is 14.3. The Morgan fingerprint density at radius 1 is 1.47 bits per heavy atom. The van der Waals surface area contributed by atoms with Gasteiger partial charge in [-0.25, -0.2) is 0 Å². The SMILES string of the molecule is CCN(CCC(=O)OC)CC(=O)N1CCOC(C)C1. The number of carbonyl (C=O) groups is 2. The van der Waals surface area contributed by atoms with Crippen molar-refractivity contribution < 1.29 is 19.1 Å². The van der Waals surface area contributed by atoms with Crippen LogP contribution in [0, 0.1) is 0 Å². The van der Waals surface area contributed by atoms with Crippen LogP contribution in [0.2, 0.25) is 0 Å². The number of morpholine rings is 1. The van der Waals surface area contributed by atoms with E-state index < -0.39 is 0 Å². The Bertz CT molecular complexity index is 309. The molecule has 110 valence electrons. The minimum absolute atomic E-state index is 0.0989. The average Bonchev–Trinajstić information content (AvgIpc) is 2.42. The van der Waals surface area contributed by atoms with E-state index in [1.807, 2.05) is 23.6 Å². The number of nitrogens with zero attached hydrogens (tertiary/aromatic N) is 2. The second-order valence-corrected chi connectivity index (χ2v) is 4.72. The summed E-state index contributed by atoms with van der Waals surface area (Å²) >= 11 is 0. The molecule has 0 aromatic heterocycles. The third kappa shape index (κ3) is 5.57. The van der Waals surface area contributed by atoms with E-state index in [0.717, 1.165) is 6.54 Å². The van der Waals surface area contributed by atoms with Crippen LogP contribution in [-0.2, 0) is 19.1 Å². The highest BCUT2D eigenvalue weighted by Gasteiger charge is 2.22. The molecule has 1 atom stereocenters. The van der Waals surface area contributed by atoms with Gasteiger partial charge in [0.25, 0.3) is 0 Å². The van der Waals surface area contributed by atoms with Crippen molar-refractivity contribution in [2.45, 2.75) is 26.4 Å². The van der Waals surface area contributed by atoms with Crippen LogP contribution in [0.4, 0.5) is 0 Å². The Kier molecular flexibility index (Phi) is 6.80. The van der Waals surface area contributed by atoms with Crippen molar-refractivity contribution in [1.29, 1.82) is 0 Å². The molecule has 6 nitrogen and oxygen atoms in total. The summed E-state index contributed by atoms with van der Waals surface area (Å²) in [6.45, 7) is 7.48. The standard InChI is InChI=1S/C13H24N2O4/c1-4-14(6-5-13(17)18-3)10-12(16)15-7-8-19-11(2)9-15/h11H,4-10H2,1-3H3. The number of esters is 1. The van der Waals surface area contributed by atoms with Crippen LogP contribution in [0.1, 0.15) is 20.3 Å². The highest BCUT2D eigenvalue weighted by Crippen LogP contribution is 2.05. The number of methoxy groups -OCH3 is 1. The van der Waals surface area contributed by atoms with Crippen molar-refractivity contribution in [2.75, 3.05) is 46.4 Å². The second kappa shape index (κ2) is 8.12. The largest absolute Gasteiger partial charge is 0.469 e. The minimum atomic E-state index is -0.245. The van der Waals surface area contributed by atoms with Crippen LogP contribution >= 0.6 is 0 Å². The molecule has 1 heterocycles. The maximum Gasteiger partial charge on any atom is 0.306 e. The topological polar surface area (TPSA) is 59.1 Å². The highest BCUT2D eigenvalue weighted by molar-refractivity contribution is 5.78.